The lowest BCUT2D eigenvalue weighted by molar-refractivity contribution is 0.918. The summed E-state index contributed by atoms with van der Waals surface area (Å²) in [7, 11) is 0. The maximum absolute atomic E-state index is 5.89. The number of nitrogens with zero attached hydrogens (tertiary/aromatic N) is 2. The van der Waals surface area contributed by atoms with Crippen LogP contribution in [0.5, 0.6) is 0 Å². The van der Waals surface area contributed by atoms with Crippen molar-refractivity contribution >= 4 is 22.9 Å². The average molecular weight is 228 g/mol. The SMILES string of the molecule is Cc1ccsc1-c1n[nH]c(C(C)Cl)n1. The minimum atomic E-state index is -0.128. The molecule has 0 fully saturated rings. The van der Waals surface area contributed by atoms with E-state index >= 15 is 0 Å². The summed E-state index contributed by atoms with van der Waals surface area (Å²) in [6.07, 6.45) is 0. The Morgan fingerprint density at radius 2 is 2.36 bits per heavy atom. The minimum absolute atomic E-state index is 0.128. The Morgan fingerprint density at radius 3 is 2.86 bits per heavy atom. The summed E-state index contributed by atoms with van der Waals surface area (Å²) in [5.74, 6) is 1.45. The lowest BCUT2D eigenvalue weighted by Gasteiger charge is -1.93. The van der Waals surface area contributed by atoms with Crippen LogP contribution in [0, 0.1) is 6.92 Å². The fourth-order valence-corrected chi connectivity index (χ4v) is 2.11. The number of halogens is 1. The monoisotopic (exact) mass is 227 g/mol. The summed E-state index contributed by atoms with van der Waals surface area (Å²) in [5, 5.41) is 8.87. The van der Waals surface area contributed by atoms with Gasteiger partial charge in [-0.15, -0.1) is 22.9 Å². The van der Waals surface area contributed by atoms with Gasteiger partial charge >= 0.3 is 0 Å². The Morgan fingerprint density at radius 1 is 1.57 bits per heavy atom. The van der Waals surface area contributed by atoms with Crippen molar-refractivity contribution in [3.63, 3.8) is 0 Å². The van der Waals surface area contributed by atoms with Gasteiger partial charge in [-0.3, -0.25) is 5.10 Å². The summed E-state index contributed by atoms with van der Waals surface area (Å²) in [6, 6.07) is 2.06. The highest BCUT2D eigenvalue weighted by atomic mass is 35.5. The van der Waals surface area contributed by atoms with Crippen molar-refractivity contribution in [2.24, 2.45) is 0 Å². The van der Waals surface area contributed by atoms with Gasteiger partial charge in [0.25, 0.3) is 0 Å². The van der Waals surface area contributed by atoms with E-state index in [4.69, 9.17) is 11.6 Å². The molecule has 0 bridgehead atoms. The molecule has 14 heavy (non-hydrogen) atoms. The largest absolute Gasteiger partial charge is 0.261 e. The van der Waals surface area contributed by atoms with Gasteiger partial charge in [-0.25, -0.2) is 4.98 Å². The molecule has 0 aliphatic rings. The first kappa shape index (κ1) is 9.68. The van der Waals surface area contributed by atoms with Crippen LogP contribution in [-0.2, 0) is 0 Å². The van der Waals surface area contributed by atoms with Crippen LogP contribution in [0.3, 0.4) is 0 Å². The minimum Gasteiger partial charge on any atom is -0.261 e. The van der Waals surface area contributed by atoms with Crippen molar-refractivity contribution in [1.29, 1.82) is 0 Å². The lowest BCUT2D eigenvalue weighted by Crippen LogP contribution is -1.86. The molecule has 0 aliphatic heterocycles. The molecule has 0 saturated carbocycles. The van der Waals surface area contributed by atoms with Crippen molar-refractivity contribution in [2.45, 2.75) is 19.2 Å². The molecule has 0 spiro atoms. The maximum Gasteiger partial charge on any atom is 0.191 e. The summed E-state index contributed by atoms with van der Waals surface area (Å²) in [4.78, 5) is 5.43. The third-order valence-corrected chi connectivity index (χ3v) is 3.16. The standard InChI is InChI=1S/C9H10ClN3S/c1-5-3-4-14-7(5)9-11-8(6(2)10)12-13-9/h3-4,6H,1-2H3,(H,11,12,13). The normalized spacial score (nSPS) is 13.1. The molecule has 5 heteroatoms. The third kappa shape index (κ3) is 1.67. The Hall–Kier alpha value is -0.870. The summed E-state index contributed by atoms with van der Waals surface area (Å²) < 4.78 is 0. The van der Waals surface area contributed by atoms with E-state index in [1.807, 2.05) is 19.2 Å². The van der Waals surface area contributed by atoms with Gasteiger partial charge in [0.15, 0.2) is 5.82 Å². The predicted octanol–water partition coefficient (Wildman–Crippen LogP) is 3.14. The molecule has 2 rings (SSSR count). The van der Waals surface area contributed by atoms with E-state index < -0.39 is 0 Å². The number of rotatable bonds is 2. The van der Waals surface area contributed by atoms with Gasteiger partial charge in [-0.2, -0.15) is 5.10 Å². The highest BCUT2D eigenvalue weighted by molar-refractivity contribution is 7.13. The number of aromatic amines is 1. The zero-order valence-corrected chi connectivity index (χ0v) is 9.49. The molecule has 2 heterocycles. The van der Waals surface area contributed by atoms with Crippen molar-refractivity contribution in [3.8, 4) is 10.7 Å². The van der Waals surface area contributed by atoms with Crippen LogP contribution in [0.15, 0.2) is 11.4 Å². The second-order valence-electron chi connectivity index (χ2n) is 3.09. The highest BCUT2D eigenvalue weighted by Gasteiger charge is 2.12. The van der Waals surface area contributed by atoms with Gasteiger partial charge in [0.05, 0.1) is 10.3 Å². The van der Waals surface area contributed by atoms with Crippen molar-refractivity contribution < 1.29 is 0 Å². The molecule has 2 aromatic rings. The molecule has 0 saturated heterocycles. The van der Waals surface area contributed by atoms with Crippen LogP contribution in [0.4, 0.5) is 0 Å². The predicted molar refractivity (Wildman–Crippen MR) is 58.7 cm³/mol. The molecule has 0 amide bonds. The zero-order chi connectivity index (χ0) is 10.1. The Bertz CT molecular complexity index is 433. The van der Waals surface area contributed by atoms with Crippen LogP contribution in [0.1, 0.15) is 23.7 Å². The van der Waals surface area contributed by atoms with Crippen molar-refractivity contribution in [1.82, 2.24) is 15.2 Å². The molecule has 1 atom stereocenters. The highest BCUT2D eigenvalue weighted by Crippen LogP contribution is 2.27. The van der Waals surface area contributed by atoms with Crippen molar-refractivity contribution in [3.05, 3.63) is 22.8 Å². The van der Waals surface area contributed by atoms with Crippen LogP contribution in [0.25, 0.3) is 10.7 Å². The summed E-state index contributed by atoms with van der Waals surface area (Å²) in [5.41, 5.74) is 1.20. The Kier molecular flexibility index (Phi) is 2.56. The van der Waals surface area contributed by atoms with E-state index in [1.165, 1.54) is 5.56 Å². The topological polar surface area (TPSA) is 41.6 Å². The molecule has 0 radical (unpaired) electrons. The number of aryl methyl sites for hydroxylation is 1. The van der Waals surface area contributed by atoms with Gasteiger partial charge in [-0.05, 0) is 30.9 Å². The number of aromatic nitrogens is 3. The Balaban J connectivity index is 2.39. The summed E-state index contributed by atoms with van der Waals surface area (Å²) in [6.45, 7) is 3.92. The van der Waals surface area contributed by atoms with E-state index in [-0.39, 0.29) is 5.38 Å². The molecule has 1 N–H and O–H groups in total. The number of thiophene rings is 1. The number of hydrogen-bond acceptors (Lipinski definition) is 3. The Labute approximate surface area is 91.1 Å². The van der Waals surface area contributed by atoms with Crippen LogP contribution < -0.4 is 0 Å². The first-order chi connectivity index (χ1) is 6.68. The van der Waals surface area contributed by atoms with Gasteiger partial charge < -0.3 is 0 Å². The molecule has 3 nitrogen and oxygen atoms in total. The van der Waals surface area contributed by atoms with Gasteiger partial charge in [0, 0.05) is 0 Å². The van der Waals surface area contributed by atoms with Gasteiger partial charge in [-0.1, -0.05) is 0 Å². The molecule has 0 aromatic carbocycles. The number of nitrogens with one attached hydrogen (secondary N) is 1. The molecule has 74 valence electrons. The molecule has 0 aliphatic carbocycles. The molecular formula is C9H10ClN3S. The lowest BCUT2D eigenvalue weighted by atomic mass is 10.3. The van der Waals surface area contributed by atoms with Crippen molar-refractivity contribution in [2.75, 3.05) is 0 Å². The first-order valence-electron chi connectivity index (χ1n) is 4.29. The van der Waals surface area contributed by atoms with E-state index in [9.17, 15) is 0 Å². The van der Waals surface area contributed by atoms with Crippen LogP contribution in [0.2, 0.25) is 0 Å². The van der Waals surface area contributed by atoms with E-state index in [2.05, 4.69) is 21.2 Å². The fourth-order valence-electron chi connectivity index (χ4n) is 1.16. The number of H-pyrrole nitrogens is 1. The van der Waals surface area contributed by atoms with E-state index in [0.717, 1.165) is 16.5 Å². The van der Waals surface area contributed by atoms with Crippen LogP contribution >= 0.6 is 22.9 Å². The second-order valence-corrected chi connectivity index (χ2v) is 4.66. The molecule has 1 unspecified atom stereocenters. The van der Waals surface area contributed by atoms with Crippen LogP contribution in [-0.4, -0.2) is 15.2 Å². The quantitative estimate of drug-likeness (QED) is 0.801. The zero-order valence-electron chi connectivity index (χ0n) is 7.91. The van der Waals surface area contributed by atoms with Gasteiger partial charge in [0.2, 0.25) is 0 Å². The second kappa shape index (κ2) is 3.71. The average Bonchev–Trinajstić information content (AvgIpc) is 2.71. The third-order valence-electron chi connectivity index (χ3n) is 1.94. The molecular weight excluding hydrogens is 218 g/mol. The molecule has 2 aromatic heterocycles. The first-order valence-corrected chi connectivity index (χ1v) is 5.61. The van der Waals surface area contributed by atoms with E-state index in [0.29, 0.717) is 0 Å². The smallest absolute Gasteiger partial charge is 0.191 e. The number of alkyl halides is 1. The van der Waals surface area contributed by atoms with E-state index in [1.54, 1.807) is 11.3 Å². The number of hydrogen-bond donors (Lipinski definition) is 1. The maximum atomic E-state index is 5.89. The fraction of sp³-hybridized carbons (Fsp3) is 0.333. The summed E-state index contributed by atoms with van der Waals surface area (Å²) >= 11 is 7.53. The van der Waals surface area contributed by atoms with Gasteiger partial charge in [0.1, 0.15) is 5.82 Å².